The zero-order chi connectivity index (χ0) is 8.04. The minimum absolute atomic E-state index is 0.990. The summed E-state index contributed by atoms with van der Waals surface area (Å²) in [6, 6.07) is 2.00. The van der Waals surface area contributed by atoms with E-state index in [9.17, 15) is 4.80 Å². The van der Waals surface area contributed by atoms with Crippen LogP contribution in [0, 0.1) is 0 Å². The van der Waals surface area contributed by atoms with Gasteiger partial charge in [-0.1, -0.05) is 33.1 Å². The van der Waals surface area contributed by atoms with Gasteiger partial charge in [0.05, 0.1) is 9.76 Å². The molecule has 0 aliphatic rings. The molecule has 0 heterocycles. The Morgan fingerprint density at radius 1 is 1.20 bits per heavy atom. The lowest BCUT2D eigenvalue weighted by molar-refractivity contribution is 0.546. The molecule has 0 bridgehead atoms. The second-order valence-corrected chi connectivity index (χ2v) is 8.74. The van der Waals surface area contributed by atoms with E-state index in [-0.39, 0.29) is 0 Å². The molecule has 0 aliphatic carbocycles. The van der Waals surface area contributed by atoms with Crippen LogP contribution in [0.25, 0.3) is 0 Å². The van der Waals surface area contributed by atoms with Crippen LogP contribution in [0.5, 0.6) is 0 Å². The molecule has 0 fully saturated rings. The fraction of sp³-hybridized carbons (Fsp3) is 1.00. The van der Waals surface area contributed by atoms with Gasteiger partial charge in [0.15, 0.2) is 7.83 Å². The molecule has 0 rings (SSSR count). The summed E-state index contributed by atoms with van der Waals surface area (Å²) in [6.07, 6.45) is 3.44. The highest BCUT2D eigenvalue weighted by atomic mass is 29.2. The van der Waals surface area contributed by atoms with Gasteiger partial charge in [0, 0.05) is 0 Å². The van der Waals surface area contributed by atoms with Crippen molar-refractivity contribution >= 4 is 17.6 Å². The smallest absolute Gasteiger partial charge is 0.166 e. The maximum atomic E-state index is 9.70. The highest BCUT2D eigenvalue weighted by Gasteiger charge is 2.21. The van der Waals surface area contributed by atoms with Crippen LogP contribution >= 0.6 is 0 Å². The summed E-state index contributed by atoms with van der Waals surface area (Å²) in [5.41, 5.74) is 0. The summed E-state index contributed by atoms with van der Waals surface area (Å²) in [5.74, 6) is 0. The Morgan fingerprint density at radius 3 is 2.20 bits per heavy atom. The fourth-order valence-electron chi connectivity index (χ4n) is 1.01. The zero-order valence-electron chi connectivity index (χ0n) is 6.98. The first-order valence-electron chi connectivity index (χ1n) is 4.09. The van der Waals surface area contributed by atoms with Crippen LogP contribution in [-0.4, -0.2) is 22.4 Å². The van der Waals surface area contributed by atoms with Gasteiger partial charge in [-0.25, -0.2) is 0 Å². The van der Waals surface area contributed by atoms with Crippen molar-refractivity contribution < 1.29 is 4.80 Å². The van der Waals surface area contributed by atoms with Crippen molar-refractivity contribution in [3.05, 3.63) is 0 Å². The molecule has 1 atom stereocenters. The second-order valence-electron chi connectivity index (χ2n) is 2.89. The first-order chi connectivity index (χ1) is 4.62. The van der Waals surface area contributed by atoms with Gasteiger partial charge in [0.25, 0.3) is 0 Å². The van der Waals surface area contributed by atoms with Gasteiger partial charge in [0.2, 0.25) is 0 Å². The third-order valence-electron chi connectivity index (χ3n) is 1.61. The molecular formula is C7H17OSi2. The molecule has 1 unspecified atom stereocenters. The van der Waals surface area contributed by atoms with E-state index in [1.165, 1.54) is 6.42 Å². The SMILES string of the molecule is CCCC[Si](O)([Si])CCC. The van der Waals surface area contributed by atoms with Crippen LogP contribution < -0.4 is 0 Å². The van der Waals surface area contributed by atoms with Gasteiger partial charge in [-0.15, -0.1) is 0 Å². The van der Waals surface area contributed by atoms with Crippen molar-refractivity contribution in [2.45, 2.75) is 45.2 Å². The molecule has 0 aromatic rings. The van der Waals surface area contributed by atoms with Gasteiger partial charge in [0.1, 0.15) is 0 Å². The molecule has 0 spiro atoms. The van der Waals surface area contributed by atoms with Gasteiger partial charge in [-0.05, 0) is 12.1 Å². The molecule has 0 saturated heterocycles. The molecule has 0 aromatic heterocycles. The highest BCUT2D eigenvalue weighted by Crippen LogP contribution is 2.13. The average Bonchev–Trinajstić information content (AvgIpc) is 1.84. The Kier molecular flexibility index (Phi) is 5.30. The van der Waals surface area contributed by atoms with Crippen molar-refractivity contribution in [1.82, 2.24) is 0 Å². The molecule has 10 heavy (non-hydrogen) atoms. The number of rotatable bonds is 5. The summed E-state index contributed by atoms with van der Waals surface area (Å²) >= 11 is 0. The average molecular weight is 173 g/mol. The van der Waals surface area contributed by atoms with E-state index in [1.807, 2.05) is 0 Å². The van der Waals surface area contributed by atoms with Crippen molar-refractivity contribution in [2.75, 3.05) is 0 Å². The lowest BCUT2D eigenvalue weighted by Crippen LogP contribution is -2.34. The maximum absolute atomic E-state index is 9.70. The van der Waals surface area contributed by atoms with E-state index in [2.05, 4.69) is 23.6 Å². The predicted octanol–water partition coefficient (Wildman–Crippen LogP) is 1.80. The third-order valence-corrected chi connectivity index (χ3v) is 5.62. The maximum Gasteiger partial charge on any atom is 0.166 e. The van der Waals surface area contributed by atoms with Crippen LogP contribution in [0.1, 0.15) is 33.1 Å². The highest BCUT2D eigenvalue weighted by molar-refractivity contribution is 7.12. The summed E-state index contributed by atoms with van der Waals surface area (Å²) in [7, 11) is 1.57. The van der Waals surface area contributed by atoms with Crippen molar-refractivity contribution in [3.63, 3.8) is 0 Å². The van der Waals surface area contributed by atoms with Gasteiger partial charge >= 0.3 is 0 Å². The van der Waals surface area contributed by atoms with E-state index in [0.717, 1.165) is 24.9 Å². The first-order valence-corrected chi connectivity index (χ1v) is 7.96. The standard InChI is InChI=1S/C7H17OSi2/c1-3-5-7-10(8,9)6-4-2/h8H,3-7H2,1-2H3. The molecule has 0 aromatic carbocycles. The molecule has 1 N–H and O–H groups in total. The molecule has 59 valence electrons. The summed E-state index contributed by atoms with van der Waals surface area (Å²) in [6.45, 7) is 4.27. The number of hydrogen-bond donors (Lipinski definition) is 1. The van der Waals surface area contributed by atoms with E-state index < -0.39 is 7.83 Å². The van der Waals surface area contributed by atoms with Crippen molar-refractivity contribution in [1.29, 1.82) is 0 Å². The molecule has 3 heteroatoms. The number of hydrogen-bond acceptors (Lipinski definition) is 1. The molecule has 0 saturated carbocycles. The summed E-state index contributed by atoms with van der Waals surface area (Å²) < 4.78 is 0. The van der Waals surface area contributed by atoms with Gasteiger partial charge in [-0.3, -0.25) is 0 Å². The van der Waals surface area contributed by atoms with Crippen LogP contribution in [0.2, 0.25) is 12.1 Å². The normalized spacial score (nSPS) is 16.8. The Hall–Kier alpha value is 0.394. The molecule has 3 radical (unpaired) electrons. The first kappa shape index (κ1) is 10.4. The molecule has 1 nitrogen and oxygen atoms in total. The predicted molar refractivity (Wildman–Crippen MR) is 48.5 cm³/mol. The zero-order valence-corrected chi connectivity index (χ0v) is 8.98. The minimum atomic E-state index is -1.92. The minimum Gasteiger partial charge on any atom is -0.435 e. The van der Waals surface area contributed by atoms with Crippen molar-refractivity contribution in [3.8, 4) is 0 Å². The van der Waals surface area contributed by atoms with E-state index >= 15 is 0 Å². The Morgan fingerprint density at radius 2 is 1.80 bits per heavy atom. The van der Waals surface area contributed by atoms with Crippen LogP contribution in [0.3, 0.4) is 0 Å². The van der Waals surface area contributed by atoms with E-state index in [0.29, 0.717) is 0 Å². The van der Waals surface area contributed by atoms with Crippen molar-refractivity contribution in [2.24, 2.45) is 0 Å². The fourth-order valence-corrected chi connectivity index (χ4v) is 4.30. The Labute approximate surface area is 68.2 Å². The second kappa shape index (κ2) is 5.10. The lowest BCUT2D eigenvalue weighted by Gasteiger charge is -2.18. The van der Waals surface area contributed by atoms with Crippen LogP contribution in [-0.2, 0) is 0 Å². The van der Waals surface area contributed by atoms with Gasteiger partial charge < -0.3 is 4.80 Å². The quantitative estimate of drug-likeness (QED) is 0.629. The van der Waals surface area contributed by atoms with Crippen LogP contribution in [0.15, 0.2) is 0 Å². The third kappa shape index (κ3) is 5.20. The topological polar surface area (TPSA) is 20.2 Å². The summed E-state index contributed by atoms with van der Waals surface area (Å²) in [5, 5.41) is 0. The monoisotopic (exact) mass is 173 g/mol. The molecular weight excluding hydrogens is 156 g/mol. The van der Waals surface area contributed by atoms with Gasteiger partial charge in [-0.2, -0.15) is 0 Å². The van der Waals surface area contributed by atoms with E-state index in [1.54, 1.807) is 0 Å². The largest absolute Gasteiger partial charge is 0.435 e. The van der Waals surface area contributed by atoms with E-state index in [4.69, 9.17) is 0 Å². The Balaban J connectivity index is 3.42. The Bertz CT molecular complexity index is 83.7. The summed E-state index contributed by atoms with van der Waals surface area (Å²) in [4.78, 5) is 9.70. The van der Waals surface area contributed by atoms with Crippen LogP contribution in [0.4, 0.5) is 0 Å². The molecule has 0 amide bonds. The molecule has 0 aliphatic heterocycles. The lowest BCUT2D eigenvalue weighted by atomic mass is 10.4. The number of unbranched alkanes of at least 4 members (excludes halogenated alkanes) is 1.